The summed E-state index contributed by atoms with van der Waals surface area (Å²) < 4.78 is 0. The lowest BCUT2D eigenvalue weighted by atomic mass is 9.94. The van der Waals surface area contributed by atoms with Crippen LogP contribution in [0, 0.1) is 19.3 Å². The molecule has 0 bridgehead atoms. The molecule has 0 saturated carbocycles. The summed E-state index contributed by atoms with van der Waals surface area (Å²) >= 11 is 1.70. The smallest absolute Gasteiger partial charge is 0.315 e. The number of hydrogen-bond acceptors (Lipinski definition) is 3. The van der Waals surface area contributed by atoms with Gasteiger partial charge >= 0.3 is 12.0 Å². The zero-order valence-corrected chi connectivity index (χ0v) is 13.4. The highest BCUT2D eigenvalue weighted by Crippen LogP contribution is 2.26. The van der Waals surface area contributed by atoms with E-state index in [4.69, 9.17) is 5.11 Å². The van der Waals surface area contributed by atoms with Gasteiger partial charge < -0.3 is 15.7 Å². The Labute approximate surface area is 123 Å². The minimum Gasteiger partial charge on any atom is -0.481 e. The molecule has 0 aliphatic carbocycles. The summed E-state index contributed by atoms with van der Waals surface area (Å²) in [5, 5.41) is 14.4. The lowest BCUT2D eigenvalue weighted by Crippen LogP contribution is -2.44. The van der Waals surface area contributed by atoms with Gasteiger partial charge in [-0.3, -0.25) is 4.79 Å². The largest absolute Gasteiger partial charge is 0.481 e. The van der Waals surface area contributed by atoms with Gasteiger partial charge in [0.15, 0.2) is 0 Å². The second-order valence-electron chi connectivity index (χ2n) is 5.61. The first-order valence-corrected chi connectivity index (χ1v) is 7.30. The SMILES string of the molecule is Cc1cc(C(C)NC(=O)NCC(C)(C)C(=O)O)c(C)s1. The molecule has 0 aliphatic rings. The van der Waals surface area contributed by atoms with Crippen molar-refractivity contribution in [2.24, 2.45) is 5.41 Å². The fraction of sp³-hybridized carbons (Fsp3) is 0.571. The Morgan fingerprint density at radius 3 is 2.45 bits per heavy atom. The topological polar surface area (TPSA) is 78.4 Å². The third kappa shape index (κ3) is 4.23. The van der Waals surface area contributed by atoms with Crippen LogP contribution >= 0.6 is 11.3 Å². The number of aliphatic carboxylic acids is 1. The molecule has 0 saturated heterocycles. The van der Waals surface area contributed by atoms with E-state index in [0.29, 0.717) is 0 Å². The molecule has 0 radical (unpaired) electrons. The molecule has 0 aromatic carbocycles. The van der Waals surface area contributed by atoms with Gasteiger partial charge in [0.2, 0.25) is 0 Å². The van der Waals surface area contributed by atoms with E-state index >= 15 is 0 Å². The van der Waals surface area contributed by atoms with E-state index < -0.39 is 11.4 Å². The lowest BCUT2D eigenvalue weighted by molar-refractivity contribution is -0.146. The van der Waals surface area contributed by atoms with Gasteiger partial charge in [-0.15, -0.1) is 11.3 Å². The standard InChI is InChI=1S/C14H22N2O3S/c1-8-6-11(10(3)20-8)9(2)16-13(19)15-7-14(4,5)12(17)18/h6,9H,7H2,1-5H3,(H,17,18)(H2,15,16,19). The zero-order chi connectivity index (χ0) is 15.5. The summed E-state index contributed by atoms with van der Waals surface area (Å²) in [5.41, 5.74) is 0.121. The number of carbonyl (C=O) groups is 2. The molecule has 0 fully saturated rings. The van der Waals surface area contributed by atoms with Crippen molar-refractivity contribution in [3.05, 3.63) is 21.4 Å². The second kappa shape index (κ2) is 6.26. The van der Waals surface area contributed by atoms with E-state index in [2.05, 4.69) is 16.7 Å². The maximum atomic E-state index is 11.8. The van der Waals surface area contributed by atoms with Crippen molar-refractivity contribution in [3.8, 4) is 0 Å². The van der Waals surface area contributed by atoms with Crippen LogP contribution in [-0.2, 0) is 4.79 Å². The van der Waals surface area contributed by atoms with Crippen molar-refractivity contribution < 1.29 is 14.7 Å². The zero-order valence-electron chi connectivity index (χ0n) is 12.5. The van der Waals surface area contributed by atoms with Crippen LogP contribution in [0.15, 0.2) is 6.07 Å². The molecule has 6 heteroatoms. The molecule has 1 aromatic heterocycles. The van der Waals surface area contributed by atoms with Gasteiger partial charge in [-0.1, -0.05) is 0 Å². The number of hydrogen-bond donors (Lipinski definition) is 3. The Kier molecular flexibility index (Phi) is 5.16. The number of aryl methyl sites for hydroxylation is 2. The van der Waals surface area contributed by atoms with E-state index in [1.54, 1.807) is 25.2 Å². The quantitative estimate of drug-likeness (QED) is 0.782. The number of carboxylic acid groups (broad SMARTS) is 1. The summed E-state index contributed by atoms with van der Waals surface area (Å²) in [6.45, 7) is 9.20. The maximum absolute atomic E-state index is 11.8. The third-order valence-electron chi connectivity index (χ3n) is 3.16. The minimum absolute atomic E-state index is 0.0858. The first-order chi connectivity index (χ1) is 9.13. The van der Waals surface area contributed by atoms with Crippen molar-refractivity contribution in [2.75, 3.05) is 6.54 Å². The monoisotopic (exact) mass is 298 g/mol. The van der Waals surface area contributed by atoms with E-state index in [9.17, 15) is 9.59 Å². The Morgan fingerprint density at radius 1 is 1.40 bits per heavy atom. The molecule has 0 spiro atoms. The molecule has 1 heterocycles. The number of urea groups is 1. The minimum atomic E-state index is -0.977. The highest BCUT2D eigenvalue weighted by atomic mass is 32.1. The Hall–Kier alpha value is -1.56. The average molecular weight is 298 g/mol. The van der Waals surface area contributed by atoms with Crippen LogP contribution in [0.2, 0.25) is 0 Å². The van der Waals surface area contributed by atoms with Gasteiger partial charge in [0.1, 0.15) is 0 Å². The summed E-state index contributed by atoms with van der Waals surface area (Å²) in [6.07, 6.45) is 0. The first-order valence-electron chi connectivity index (χ1n) is 6.48. The molecule has 5 nitrogen and oxygen atoms in total. The maximum Gasteiger partial charge on any atom is 0.315 e. The molecule has 1 rings (SSSR count). The summed E-state index contributed by atoms with van der Waals surface area (Å²) in [7, 11) is 0. The van der Waals surface area contributed by atoms with Crippen LogP contribution in [0.4, 0.5) is 4.79 Å². The number of amides is 2. The summed E-state index contributed by atoms with van der Waals surface area (Å²) in [5.74, 6) is -0.935. The van der Waals surface area contributed by atoms with Crippen molar-refractivity contribution in [1.29, 1.82) is 0 Å². The number of nitrogens with one attached hydrogen (secondary N) is 2. The Bertz CT molecular complexity index is 509. The van der Waals surface area contributed by atoms with Crippen molar-refractivity contribution in [3.63, 3.8) is 0 Å². The summed E-state index contributed by atoms with van der Waals surface area (Å²) in [4.78, 5) is 25.1. The molecule has 1 aromatic rings. The predicted octanol–water partition coefficient (Wildman–Crippen LogP) is 2.84. The molecular formula is C14H22N2O3S. The van der Waals surface area contributed by atoms with Crippen LogP contribution in [0.1, 0.15) is 42.1 Å². The molecule has 1 unspecified atom stereocenters. The van der Waals surface area contributed by atoms with Crippen molar-refractivity contribution >= 4 is 23.3 Å². The number of carbonyl (C=O) groups excluding carboxylic acids is 1. The molecule has 1 atom stereocenters. The Balaban J connectivity index is 2.55. The highest BCUT2D eigenvalue weighted by Gasteiger charge is 2.27. The van der Waals surface area contributed by atoms with Crippen LogP contribution in [0.3, 0.4) is 0 Å². The number of rotatable bonds is 5. The average Bonchev–Trinajstić information content (AvgIpc) is 2.66. The van der Waals surface area contributed by atoms with Crippen LogP contribution in [-0.4, -0.2) is 23.7 Å². The molecule has 0 aliphatic heterocycles. The molecule has 3 N–H and O–H groups in total. The second-order valence-corrected chi connectivity index (χ2v) is 7.07. The van der Waals surface area contributed by atoms with Gasteiger partial charge in [-0.2, -0.15) is 0 Å². The number of carboxylic acids is 1. The van der Waals surface area contributed by atoms with E-state index in [1.165, 1.54) is 9.75 Å². The highest BCUT2D eigenvalue weighted by molar-refractivity contribution is 7.12. The van der Waals surface area contributed by atoms with Crippen LogP contribution in [0.25, 0.3) is 0 Å². The van der Waals surface area contributed by atoms with E-state index in [0.717, 1.165) is 5.56 Å². The molecule has 112 valence electrons. The van der Waals surface area contributed by atoms with E-state index in [1.807, 2.05) is 20.8 Å². The first kappa shape index (κ1) is 16.5. The molecule has 2 amide bonds. The predicted molar refractivity (Wildman–Crippen MR) is 80.2 cm³/mol. The lowest BCUT2D eigenvalue weighted by Gasteiger charge is -2.21. The van der Waals surface area contributed by atoms with Crippen molar-refractivity contribution in [2.45, 2.75) is 40.7 Å². The molecule has 20 heavy (non-hydrogen) atoms. The number of thiophene rings is 1. The van der Waals surface area contributed by atoms with Gasteiger partial charge in [-0.05, 0) is 46.2 Å². The third-order valence-corrected chi connectivity index (χ3v) is 4.15. The van der Waals surface area contributed by atoms with Gasteiger partial charge in [0.05, 0.1) is 11.5 Å². The van der Waals surface area contributed by atoms with Gasteiger partial charge in [0, 0.05) is 16.3 Å². The fourth-order valence-corrected chi connectivity index (χ4v) is 2.81. The van der Waals surface area contributed by atoms with Crippen LogP contribution in [0.5, 0.6) is 0 Å². The van der Waals surface area contributed by atoms with Gasteiger partial charge in [0.25, 0.3) is 0 Å². The van der Waals surface area contributed by atoms with Crippen molar-refractivity contribution in [1.82, 2.24) is 10.6 Å². The van der Waals surface area contributed by atoms with Crippen LogP contribution < -0.4 is 10.6 Å². The van der Waals surface area contributed by atoms with Gasteiger partial charge in [-0.25, -0.2) is 4.79 Å². The summed E-state index contributed by atoms with van der Waals surface area (Å²) in [6, 6.07) is 1.61. The normalized spacial score (nSPS) is 12.8. The molecular weight excluding hydrogens is 276 g/mol. The fourth-order valence-electron chi connectivity index (χ4n) is 1.78. The van der Waals surface area contributed by atoms with E-state index in [-0.39, 0.29) is 18.6 Å². The Morgan fingerprint density at radius 2 is 2.00 bits per heavy atom.